The van der Waals surface area contributed by atoms with Gasteiger partial charge in [-0.05, 0) is 48.9 Å². The summed E-state index contributed by atoms with van der Waals surface area (Å²) in [5.74, 6) is 1.72. The number of carbonyl (C=O) groups is 1. The third kappa shape index (κ3) is 3.91. The first-order valence-electron chi connectivity index (χ1n) is 8.68. The molecule has 0 aliphatic carbocycles. The molecule has 0 spiro atoms. The largest absolute Gasteiger partial charge is 0.480 e. The molecular weight excluding hydrogens is 362 g/mol. The molecule has 0 saturated carbocycles. The van der Waals surface area contributed by atoms with Crippen LogP contribution >= 0.6 is 11.6 Å². The van der Waals surface area contributed by atoms with E-state index in [1.165, 1.54) is 0 Å². The van der Waals surface area contributed by atoms with Gasteiger partial charge >= 0.3 is 0 Å². The third-order valence-electron chi connectivity index (χ3n) is 4.39. The van der Waals surface area contributed by atoms with Gasteiger partial charge in [0.15, 0.2) is 11.9 Å². The van der Waals surface area contributed by atoms with E-state index in [9.17, 15) is 4.79 Å². The Morgan fingerprint density at radius 1 is 1.11 bits per heavy atom. The highest BCUT2D eigenvalue weighted by atomic mass is 35.5. The van der Waals surface area contributed by atoms with Crippen molar-refractivity contribution in [1.29, 1.82) is 0 Å². The summed E-state index contributed by atoms with van der Waals surface area (Å²) in [6, 6.07) is 20.5. The molecule has 4 nitrogen and oxygen atoms in total. The van der Waals surface area contributed by atoms with E-state index in [0.29, 0.717) is 28.6 Å². The molecular formula is C22H18ClNO3. The van der Waals surface area contributed by atoms with Crippen molar-refractivity contribution in [2.24, 2.45) is 0 Å². The van der Waals surface area contributed by atoms with Crippen molar-refractivity contribution in [3.05, 3.63) is 82.9 Å². The molecule has 1 atom stereocenters. The van der Waals surface area contributed by atoms with Crippen molar-refractivity contribution < 1.29 is 14.3 Å². The maximum Gasteiger partial charge on any atom is 0.265 e. The minimum absolute atomic E-state index is 0.234. The van der Waals surface area contributed by atoms with Crippen LogP contribution < -0.4 is 14.8 Å². The molecule has 136 valence electrons. The quantitative estimate of drug-likeness (QED) is 0.661. The van der Waals surface area contributed by atoms with E-state index < -0.39 is 6.10 Å². The van der Waals surface area contributed by atoms with Crippen molar-refractivity contribution in [3.63, 3.8) is 0 Å². The zero-order valence-corrected chi connectivity index (χ0v) is 15.5. The summed E-state index contributed by atoms with van der Waals surface area (Å²) in [6.07, 6.45) is -0.0369. The molecule has 1 heterocycles. The van der Waals surface area contributed by atoms with Gasteiger partial charge in [-0.3, -0.25) is 4.79 Å². The predicted octanol–water partition coefficient (Wildman–Crippen LogP) is 5.38. The number of hydrogen-bond acceptors (Lipinski definition) is 3. The molecule has 0 bridgehead atoms. The molecule has 1 aliphatic heterocycles. The molecule has 0 radical (unpaired) electrons. The Labute approximate surface area is 162 Å². The second kappa shape index (κ2) is 7.33. The van der Waals surface area contributed by atoms with Crippen molar-refractivity contribution in [3.8, 4) is 17.2 Å². The standard InChI is InChI=1S/C22H18ClNO3/c1-14-6-9-17(10-7-14)26-20-11-8-16(23)13-18(20)24-22(25)21-12-15-4-2-3-5-19(15)27-21/h2-11,13,21H,12H2,1H3,(H,24,25). The number of halogens is 1. The fourth-order valence-corrected chi connectivity index (χ4v) is 3.14. The number of ether oxygens (including phenoxy) is 2. The number of fused-ring (bicyclic) bond motifs is 1. The van der Waals surface area contributed by atoms with Gasteiger partial charge in [0.25, 0.3) is 5.91 Å². The molecule has 1 amide bonds. The second-order valence-corrected chi connectivity index (χ2v) is 6.90. The maximum atomic E-state index is 12.7. The Hall–Kier alpha value is -2.98. The minimum atomic E-state index is -0.575. The van der Waals surface area contributed by atoms with E-state index in [1.807, 2.05) is 55.5 Å². The molecule has 0 saturated heterocycles. The number of para-hydroxylation sites is 1. The Kier molecular flexibility index (Phi) is 4.73. The number of rotatable bonds is 4. The Balaban J connectivity index is 1.52. The first-order chi connectivity index (χ1) is 13.1. The molecule has 3 aromatic carbocycles. The van der Waals surface area contributed by atoms with Gasteiger partial charge in [0.1, 0.15) is 11.5 Å². The topological polar surface area (TPSA) is 47.6 Å². The lowest BCUT2D eigenvalue weighted by Crippen LogP contribution is -2.31. The summed E-state index contributed by atoms with van der Waals surface area (Å²) in [5, 5.41) is 3.40. The lowest BCUT2D eigenvalue weighted by Gasteiger charge is -2.15. The molecule has 0 aromatic heterocycles. The van der Waals surface area contributed by atoms with Crippen LogP contribution in [0.25, 0.3) is 0 Å². The van der Waals surface area contributed by atoms with Crippen LogP contribution in [0.15, 0.2) is 66.7 Å². The zero-order chi connectivity index (χ0) is 18.8. The summed E-state index contributed by atoms with van der Waals surface area (Å²) < 4.78 is 11.7. The van der Waals surface area contributed by atoms with Crippen LogP contribution in [0.5, 0.6) is 17.2 Å². The van der Waals surface area contributed by atoms with Crippen LogP contribution in [0.4, 0.5) is 5.69 Å². The minimum Gasteiger partial charge on any atom is -0.480 e. The highest BCUT2D eigenvalue weighted by Gasteiger charge is 2.29. The highest BCUT2D eigenvalue weighted by Crippen LogP contribution is 2.34. The average Bonchev–Trinajstić information content (AvgIpc) is 3.10. The lowest BCUT2D eigenvalue weighted by molar-refractivity contribution is -0.122. The molecule has 1 unspecified atom stereocenters. The molecule has 1 aliphatic rings. The van der Waals surface area contributed by atoms with Gasteiger partial charge in [-0.25, -0.2) is 0 Å². The fourth-order valence-electron chi connectivity index (χ4n) is 2.96. The smallest absolute Gasteiger partial charge is 0.265 e. The fraction of sp³-hybridized carbons (Fsp3) is 0.136. The predicted molar refractivity (Wildman–Crippen MR) is 106 cm³/mol. The lowest BCUT2D eigenvalue weighted by atomic mass is 10.1. The van der Waals surface area contributed by atoms with Crippen LogP contribution in [0.1, 0.15) is 11.1 Å². The van der Waals surface area contributed by atoms with E-state index in [1.54, 1.807) is 18.2 Å². The maximum absolute atomic E-state index is 12.7. The molecule has 5 heteroatoms. The number of anilines is 1. The normalized spacial score (nSPS) is 15.0. The van der Waals surface area contributed by atoms with Gasteiger partial charge in [0.05, 0.1) is 5.69 Å². The summed E-state index contributed by atoms with van der Waals surface area (Å²) in [4.78, 5) is 12.7. The summed E-state index contributed by atoms with van der Waals surface area (Å²) in [5.41, 5.74) is 2.68. The zero-order valence-electron chi connectivity index (χ0n) is 14.7. The van der Waals surface area contributed by atoms with E-state index in [0.717, 1.165) is 16.9 Å². The number of amides is 1. The van der Waals surface area contributed by atoms with Crippen molar-refractivity contribution in [1.82, 2.24) is 0 Å². The average molecular weight is 380 g/mol. The molecule has 0 fully saturated rings. The van der Waals surface area contributed by atoms with E-state index in [2.05, 4.69) is 5.32 Å². The summed E-state index contributed by atoms with van der Waals surface area (Å²) >= 11 is 6.12. The van der Waals surface area contributed by atoms with Crippen LogP contribution in [0.3, 0.4) is 0 Å². The molecule has 4 rings (SSSR count). The van der Waals surface area contributed by atoms with Crippen molar-refractivity contribution in [2.45, 2.75) is 19.4 Å². The molecule has 1 N–H and O–H groups in total. The first kappa shape index (κ1) is 17.4. The first-order valence-corrected chi connectivity index (χ1v) is 9.06. The Morgan fingerprint density at radius 2 is 1.89 bits per heavy atom. The van der Waals surface area contributed by atoms with Gasteiger partial charge in [0, 0.05) is 11.4 Å². The molecule has 27 heavy (non-hydrogen) atoms. The van der Waals surface area contributed by atoms with Gasteiger partial charge in [-0.1, -0.05) is 47.5 Å². The highest BCUT2D eigenvalue weighted by molar-refractivity contribution is 6.31. The number of hydrogen-bond donors (Lipinski definition) is 1. The third-order valence-corrected chi connectivity index (χ3v) is 4.62. The van der Waals surface area contributed by atoms with Crippen LogP contribution in [0, 0.1) is 6.92 Å². The second-order valence-electron chi connectivity index (χ2n) is 6.46. The summed E-state index contributed by atoms with van der Waals surface area (Å²) in [7, 11) is 0. The van der Waals surface area contributed by atoms with E-state index in [-0.39, 0.29) is 5.91 Å². The Morgan fingerprint density at radius 3 is 2.67 bits per heavy atom. The number of aryl methyl sites for hydroxylation is 1. The van der Waals surface area contributed by atoms with Crippen LogP contribution in [0.2, 0.25) is 5.02 Å². The van der Waals surface area contributed by atoms with Crippen LogP contribution in [-0.4, -0.2) is 12.0 Å². The number of nitrogens with one attached hydrogen (secondary N) is 1. The van der Waals surface area contributed by atoms with Crippen molar-refractivity contribution >= 4 is 23.2 Å². The number of benzene rings is 3. The van der Waals surface area contributed by atoms with E-state index >= 15 is 0 Å². The summed E-state index contributed by atoms with van der Waals surface area (Å²) in [6.45, 7) is 2.01. The number of carbonyl (C=O) groups excluding carboxylic acids is 1. The van der Waals surface area contributed by atoms with E-state index in [4.69, 9.17) is 21.1 Å². The monoisotopic (exact) mass is 379 g/mol. The van der Waals surface area contributed by atoms with Crippen molar-refractivity contribution in [2.75, 3.05) is 5.32 Å². The van der Waals surface area contributed by atoms with Gasteiger partial charge in [-0.15, -0.1) is 0 Å². The van der Waals surface area contributed by atoms with Gasteiger partial charge in [0.2, 0.25) is 0 Å². The Bertz CT molecular complexity index is 960. The SMILES string of the molecule is Cc1ccc(Oc2ccc(Cl)cc2NC(=O)C2Cc3ccccc3O2)cc1. The van der Waals surface area contributed by atoms with Crippen LogP contribution in [-0.2, 0) is 11.2 Å². The van der Waals surface area contributed by atoms with Gasteiger partial charge in [-0.2, -0.15) is 0 Å². The molecule has 3 aromatic rings. The van der Waals surface area contributed by atoms with Gasteiger partial charge < -0.3 is 14.8 Å².